The molecule has 1 saturated heterocycles. The first-order chi connectivity index (χ1) is 15.6. The summed E-state index contributed by atoms with van der Waals surface area (Å²) in [6.45, 7) is 4.06. The van der Waals surface area contributed by atoms with E-state index in [2.05, 4.69) is 34.1 Å². The quantitative estimate of drug-likeness (QED) is 0.523. The number of methoxy groups -OCH3 is 1. The van der Waals surface area contributed by atoms with E-state index < -0.39 is 0 Å². The van der Waals surface area contributed by atoms with Crippen molar-refractivity contribution >= 4 is 28.9 Å². The zero-order valence-electron chi connectivity index (χ0n) is 18.3. The highest BCUT2D eigenvalue weighted by Gasteiger charge is 2.23. The Morgan fingerprint density at radius 3 is 2.19 bits per heavy atom. The molecule has 0 bridgehead atoms. The molecule has 0 atom stereocenters. The zero-order valence-corrected chi connectivity index (χ0v) is 19.0. The summed E-state index contributed by atoms with van der Waals surface area (Å²) in [5.74, 6) is 0.994. The highest BCUT2D eigenvalue weighted by atomic mass is 35.5. The Morgan fingerprint density at radius 2 is 1.56 bits per heavy atom. The number of amides is 1. The SMILES string of the molecule is COc1ccc(N2CCN(C(=O)CN(Cc3ccccc3)c3ccc(Cl)cc3)CC2)cc1. The first-order valence-corrected chi connectivity index (χ1v) is 11.2. The van der Waals surface area contributed by atoms with Crippen molar-refractivity contribution in [1.82, 2.24) is 4.90 Å². The van der Waals surface area contributed by atoms with Gasteiger partial charge in [-0.05, 0) is 54.1 Å². The molecular formula is C26H28ClN3O2. The summed E-state index contributed by atoms with van der Waals surface area (Å²) in [6, 6.07) is 26.0. The standard InChI is InChI=1S/C26H28ClN3O2/c1-32-25-13-11-23(12-14-25)28-15-17-29(18-16-28)26(31)20-30(19-21-5-3-2-4-6-21)24-9-7-22(27)8-10-24/h2-14H,15-20H2,1H3. The Labute approximate surface area is 194 Å². The maximum atomic E-state index is 13.2. The summed E-state index contributed by atoms with van der Waals surface area (Å²) in [5.41, 5.74) is 3.31. The van der Waals surface area contributed by atoms with E-state index in [-0.39, 0.29) is 5.91 Å². The van der Waals surface area contributed by atoms with Gasteiger partial charge < -0.3 is 19.4 Å². The summed E-state index contributed by atoms with van der Waals surface area (Å²) in [7, 11) is 1.67. The van der Waals surface area contributed by atoms with Crippen LogP contribution < -0.4 is 14.5 Å². The van der Waals surface area contributed by atoms with Crippen molar-refractivity contribution in [1.29, 1.82) is 0 Å². The second-order valence-corrected chi connectivity index (χ2v) is 8.32. The largest absolute Gasteiger partial charge is 0.497 e. The van der Waals surface area contributed by atoms with Crippen molar-refractivity contribution < 1.29 is 9.53 Å². The minimum absolute atomic E-state index is 0.144. The van der Waals surface area contributed by atoms with Crippen LogP contribution in [0.2, 0.25) is 5.02 Å². The van der Waals surface area contributed by atoms with Crippen molar-refractivity contribution in [3.05, 3.63) is 89.4 Å². The second-order valence-electron chi connectivity index (χ2n) is 7.88. The average Bonchev–Trinajstić information content (AvgIpc) is 2.85. The van der Waals surface area contributed by atoms with Crippen LogP contribution >= 0.6 is 11.6 Å². The molecule has 1 amide bonds. The molecule has 1 aliphatic rings. The number of benzene rings is 3. The summed E-state index contributed by atoms with van der Waals surface area (Å²) in [5, 5.41) is 0.689. The van der Waals surface area contributed by atoms with Gasteiger partial charge in [-0.1, -0.05) is 41.9 Å². The van der Waals surface area contributed by atoms with Gasteiger partial charge in [-0.3, -0.25) is 4.79 Å². The van der Waals surface area contributed by atoms with Crippen LogP contribution in [0.25, 0.3) is 0 Å². The monoisotopic (exact) mass is 449 g/mol. The zero-order chi connectivity index (χ0) is 22.3. The van der Waals surface area contributed by atoms with Crippen LogP contribution in [-0.4, -0.2) is 50.6 Å². The van der Waals surface area contributed by atoms with Gasteiger partial charge in [0.1, 0.15) is 5.75 Å². The number of piperazine rings is 1. The van der Waals surface area contributed by atoms with Crippen LogP contribution in [0.1, 0.15) is 5.56 Å². The molecule has 0 saturated carbocycles. The lowest BCUT2D eigenvalue weighted by atomic mass is 10.2. The Bertz CT molecular complexity index is 1000. The first kappa shape index (κ1) is 22.0. The Hall–Kier alpha value is -3.18. The van der Waals surface area contributed by atoms with E-state index in [1.165, 1.54) is 5.56 Å². The number of carbonyl (C=O) groups is 1. The van der Waals surface area contributed by atoms with Gasteiger partial charge in [-0.2, -0.15) is 0 Å². The molecule has 4 rings (SSSR count). The van der Waals surface area contributed by atoms with Crippen LogP contribution in [-0.2, 0) is 11.3 Å². The van der Waals surface area contributed by atoms with E-state index in [0.29, 0.717) is 31.2 Å². The summed E-state index contributed by atoms with van der Waals surface area (Å²) >= 11 is 6.08. The summed E-state index contributed by atoms with van der Waals surface area (Å²) in [4.78, 5) is 19.6. The third kappa shape index (κ3) is 5.54. The normalized spacial score (nSPS) is 13.7. The van der Waals surface area contributed by atoms with E-state index >= 15 is 0 Å². The van der Waals surface area contributed by atoms with E-state index in [0.717, 1.165) is 30.2 Å². The van der Waals surface area contributed by atoms with Gasteiger partial charge in [0, 0.05) is 49.1 Å². The third-order valence-corrected chi connectivity index (χ3v) is 6.06. The van der Waals surface area contributed by atoms with Crippen molar-refractivity contribution in [3.63, 3.8) is 0 Å². The van der Waals surface area contributed by atoms with E-state index in [1.54, 1.807) is 7.11 Å². The topological polar surface area (TPSA) is 36.0 Å². The van der Waals surface area contributed by atoms with E-state index in [1.807, 2.05) is 59.5 Å². The molecule has 0 spiro atoms. The van der Waals surface area contributed by atoms with Gasteiger partial charge in [0.25, 0.3) is 0 Å². The maximum absolute atomic E-state index is 13.2. The lowest BCUT2D eigenvalue weighted by molar-refractivity contribution is -0.130. The lowest BCUT2D eigenvalue weighted by Crippen LogP contribution is -2.51. The Kier molecular flexibility index (Phi) is 7.17. The highest BCUT2D eigenvalue weighted by molar-refractivity contribution is 6.30. The number of anilines is 2. The molecule has 166 valence electrons. The van der Waals surface area contributed by atoms with Crippen molar-refractivity contribution in [2.45, 2.75) is 6.54 Å². The van der Waals surface area contributed by atoms with Gasteiger partial charge in [-0.25, -0.2) is 0 Å². The average molecular weight is 450 g/mol. The summed E-state index contributed by atoms with van der Waals surface area (Å²) < 4.78 is 5.24. The van der Waals surface area contributed by atoms with Crippen LogP contribution in [0.15, 0.2) is 78.9 Å². The smallest absolute Gasteiger partial charge is 0.242 e. The minimum Gasteiger partial charge on any atom is -0.497 e. The molecule has 0 N–H and O–H groups in total. The number of hydrogen-bond donors (Lipinski definition) is 0. The Balaban J connectivity index is 1.40. The van der Waals surface area contributed by atoms with Crippen LogP contribution in [0.5, 0.6) is 5.75 Å². The number of nitrogens with zero attached hydrogens (tertiary/aromatic N) is 3. The molecule has 3 aromatic carbocycles. The summed E-state index contributed by atoms with van der Waals surface area (Å²) in [6.07, 6.45) is 0. The van der Waals surface area contributed by atoms with Crippen LogP contribution in [0.4, 0.5) is 11.4 Å². The molecule has 0 aromatic heterocycles. The van der Waals surface area contributed by atoms with Gasteiger partial charge in [0.05, 0.1) is 13.7 Å². The number of rotatable bonds is 7. The fraction of sp³-hybridized carbons (Fsp3) is 0.269. The van der Waals surface area contributed by atoms with Gasteiger partial charge in [-0.15, -0.1) is 0 Å². The van der Waals surface area contributed by atoms with Gasteiger partial charge >= 0.3 is 0 Å². The van der Waals surface area contributed by atoms with Crippen LogP contribution in [0.3, 0.4) is 0 Å². The molecule has 0 unspecified atom stereocenters. The molecule has 0 aliphatic carbocycles. The minimum atomic E-state index is 0.144. The number of halogens is 1. The van der Waals surface area contributed by atoms with Crippen molar-refractivity contribution in [2.24, 2.45) is 0 Å². The predicted molar refractivity (Wildman–Crippen MR) is 131 cm³/mol. The number of carbonyl (C=O) groups excluding carboxylic acids is 1. The van der Waals surface area contributed by atoms with E-state index in [9.17, 15) is 4.79 Å². The Morgan fingerprint density at radius 1 is 0.906 bits per heavy atom. The van der Waals surface area contributed by atoms with Gasteiger partial charge in [0.15, 0.2) is 0 Å². The molecule has 0 radical (unpaired) electrons. The second kappa shape index (κ2) is 10.4. The van der Waals surface area contributed by atoms with Crippen molar-refractivity contribution in [3.8, 4) is 5.75 Å². The van der Waals surface area contributed by atoms with Crippen LogP contribution in [0, 0.1) is 0 Å². The van der Waals surface area contributed by atoms with Crippen molar-refractivity contribution in [2.75, 3.05) is 49.6 Å². The molecule has 6 heteroatoms. The number of ether oxygens (including phenoxy) is 1. The fourth-order valence-electron chi connectivity index (χ4n) is 3.96. The molecule has 3 aromatic rings. The lowest BCUT2D eigenvalue weighted by Gasteiger charge is -2.37. The molecular weight excluding hydrogens is 422 g/mol. The van der Waals surface area contributed by atoms with Gasteiger partial charge in [0.2, 0.25) is 5.91 Å². The first-order valence-electron chi connectivity index (χ1n) is 10.8. The molecule has 32 heavy (non-hydrogen) atoms. The molecule has 1 heterocycles. The maximum Gasteiger partial charge on any atom is 0.242 e. The predicted octanol–water partition coefficient (Wildman–Crippen LogP) is 4.70. The molecule has 1 fully saturated rings. The third-order valence-electron chi connectivity index (χ3n) is 5.80. The molecule has 5 nitrogen and oxygen atoms in total. The van der Waals surface area contributed by atoms with E-state index in [4.69, 9.17) is 16.3 Å². The number of hydrogen-bond acceptors (Lipinski definition) is 4. The molecule has 1 aliphatic heterocycles. The highest BCUT2D eigenvalue weighted by Crippen LogP contribution is 2.22. The fourth-order valence-corrected chi connectivity index (χ4v) is 4.09.